The van der Waals surface area contributed by atoms with Crippen LogP contribution in [0.4, 0.5) is 17.1 Å². The van der Waals surface area contributed by atoms with Crippen LogP contribution in [0.5, 0.6) is 0 Å². The Bertz CT molecular complexity index is 3180. The molecule has 3 heterocycles. The van der Waals surface area contributed by atoms with E-state index in [9.17, 15) is 0 Å². The second-order valence-corrected chi connectivity index (χ2v) is 21.1. The molecule has 294 valence electrons. The molecule has 12 rings (SSSR count). The minimum Gasteiger partial charge on any atom is -0.310 e. The number of fused-ring (bicyclic) bond motifs is 11. The van der Waals surface area contributed by atoms with E-state index in [4.69, 9.17) is 15.0 Å². The molecule has 2 aromatic heterocycles. The first-order valence-corrected chi connectivity index (χ1v) is 24.3. The molecule has 0 N–H and O–H groups in total. The summed E-state index contributed by atoms with van der Waals surface area (Å²) in [7, 11) is -2.15. The number of para-hydroxylation sites is 2. The van der Waals surface area contributed by atoms with Crippen molar-refractivity contribution in [2.45, 2.75) is 18.5 Å². The maximum Gasteiger partial charge on any atom is 0.238 e. The molecular weight excluding hydrogens is 771 g/mol. The van der Waals surface area contributed by atoms with Gasteiger partial charge in [-0.1, -0.05) is 183 Å². The highest BCUT2D eigenvalue weighted by atomic mass is 28.3. The number of nitrogens with zero attached hydrogens (tertiary/aromatic N) is 5. The van der Waals surface area contributed by atoms with E-state index >= 15 is 0 Å². The number of aromatic nitrogens is 4. The van der Waals surface area contributed by atoms with Gasteiger partial charge in [0.25, 0.3) is 0 Å². The van der Waals surface area contributed by atoms with Crippen molar-refractivity contribution < 1.29 is 0 Å². The molecule has 0 saturated carbocycles. The quantitative estimate of drug-likeness (QED) is 0.157. The van der Waals surface area contributed by atoms with Crippen LogP contribution in [0.2, 0.25) is 13.1 Å². The Morgan fingerprint density at radius 1 is 0.452 bits per heavy atom. The molecule has 10 aromatic rings. The SMILES string of the molecule is C[Si]1(C)c2ccccc2C2(c3ccccc3-c3c2c2cc(N(c4ccccc4)c4ccccc4)ccc2n3-c2nc(-c3ccccc3)nc(-c3ccccc3)n2)c2ccccc21. The van der Waals surface area contributed by atoms with E-state index in [2.05, 4.69) is 198 Å². The minimum atomic E-state index is -2.15. The largest absolute Gasteiger partial charge is 0.310 e. The number of hydrogen-bond acceptors (Lipinski definition) is 4. The summed E-state index contributed by atoms with van der Waals surface area (Å²) >= 11 is 0. The van der Waals surface area contributed by atoms with Crippen molar-refractivity contribution in [1.29, 1.82) is 0 Å². The molecular formula is C56H41N5Si. The zero-order valence-corrected chi connectivity index (χ0v) is 35.4. The van der Waals surface area contributed by atoms with Gasteiger partial charge in [0.2, 0.25) is 5.95 Å². The Hall–Kier alpha value is -7.67. The van der Waals surface area contributed by atoms with Crippen LogP contribution in [0, 0.1) is 0 Å². The van der Waals surface area contributed by atoms with Gasteiger partial charge in [0, 0.05) is 44.7 Å². The van der Waals surface area contributed by atoms with Gasteiger partial charge in [0.15, 0.2) is 11.6 Å². The van der Waals surface area contributed by atoms with Crippen LogP contribution in [0.3, 0.4) is 0 Å². The first-order valence-electron chi connectivity index (χ1n) is 21.3. The summed E-state index contributed by atoms with van der Waals surface area (Å²) < 4.78 is 2.33. The number of hydrogen-bond donors (Lipinski definition) is 0. The fourth-order valence-electron chi connectivity index (χ4n) is 10.5. The maximum atomic E-state index is 5.41. The normalized spacial score (nSPS) is 13.9. The van der Waals surface area contributed by atoms with Crippen LogP contribution in [-0.4, -0.2) is 27.6 Å². The molecule has 6 heteroatoms. The lowest BCUT2D eigenvalue weighted by Crippen LogP contribution is -2.63. The maximum absolute atomic E-state index is 5.41. The Balaban J connectivity index is 1.25. The summed E-state index contributed by atoms with van der Waals surface area (Å²) in [4.78, 5) is 18.3. The number of benzene rings is 8. The van der Waals surface area contributed by atoms with Crippen LogP contribution in [0.15, 0.2) is 212 Å². The lowest BCUT2D eigenvalue weighted by molar-refractivity contribution is 0.779. The van der Waals surface area contributed by atoms with E-state index in [-0.39, 0.29) is 0 Å². The fraction of sp³-hybridized carbons (Fsp3) is 0.0536. The second-order valence-electron chi connectivity index (χ2n) is 16.8. The van der Waals surface area contributed by atoms with Gasteiger partial charge in [0.05, 0.1) is 16.6 Å². The zero-order chi connectivity index (χ0) is 41.4. The molecule has 1 spiro atoms. The molecule has 0 fully saturated rings. The minimum absolute atomic E-state index is 0.582. The van der Waals surface area contributed by atoms with Gasteiger partial charge in [-0.15, -0.1) is 0 Å². The molecule has 1 aliphatic carbocycles. The van der Waals surface area contributed by atoms with Crippen molar-refractivity contribution in [1.82, 2.24) is 19.5 Å². The van der Waals surface area contributed by atoms with Crippen LogP contribution < -0.4 is 15.3 Å². The van der Waals surface area contributed by atoms with Crippen molar-refractivity contribution in [3.05, 3.63) is 235 Å². The summed E-state index contributed by atoms with van der Waals surface area (Å²) in [6.07, 6.45) is 0. The number of anilines is 3. The first kappa shape index (κ1) is 36.2. The van der Waals surface area contributed by atoms with Gasteiger partial charge < -0.3 is 4.90 Å². The van der Waals surface area contributed by atoms with E-state index in [1.54, 1.807) is 0 Å². The highest BCUT2D eigenvalue weighted by Crippen LogP contribution is 2.60. The van der Waals surface area contributed by atoms with E-state index in [1.807, 2.05) is 36.4 Å². The van der Waals surface area contributed by atoms with Gasteiger partial charge in [-0.25, -0.2) is 4.98 Å². The van der Waals surface area contributed by atoms with Crippen molar-refractivity contribution in [3.63, 3.8) is 0 Å². The smallest absolute Gasteiger partial charge is 0.238 e. The fourth-order valence-corrected chi connectivity index (χ4v) is 13.7. The van der Waals surface area contributed by atoms with Crippen molar-refractivity contribution in [3.8, 4) is 40.0 Å². The molecule has 0 unspecified atom stereocenters. The highest BCUT2D eigenvalue weighted by Gasteiger charge is 2.56. The predicted octanol–water partition coefficient (Wildman–Crippen LogP) is 12.1. The summed E-state index contributed by atoms with van der Waals surface area (Å²) in [6, 6.07) is 76.4. The van der Waals surface area contributed by atoms with E-state index < -0.39 is 13.5 Å². The Morgan fingerprint density at radius 2 is 0.919 bits per heavy atom. The third-order valence-corrected chi connectivity index (χ3v) is 16.7. The van der Waals surface area contributed by atoms with Crippen LogP contribution in [0.25, 0.3) is 50.9 Å². The third-order valence-electron chi connectivity index (χ3n) is 13.1. The molecule has 0 bridgehead atoms. The Labute approximate surface area is 362 Å². The average molecular weight is 812 g/mol. The van der Waals surface area contributed by atoms with E-state index in [0.717, 1.165) is 44.8 Å². The van der Waals surface area contributed by atoms with Gasteiger partial charge in [0.1, 0.15) is 8.07 Å². The Morgan fingerprint density at radius 3 is 1.47 bits per heavy atom. The molecule has 62 heavy (non-hydrogen) atoms. The zero-order valence-electron chi connectivity index (χ0n) is 34.4. The molecule has 0 amide bonds. The summed E-state index contributed by atoms with van der Waals surface area (Å²) in [5.41, 5.74) is 13.1. The molecule has 0 radical (unpaired) electrons. The molecule has 0 saturated heterocycles. The van der Waals surface area contributed by atoms with Crippen molar-refractivity contribution in [2.75, 3.05) is 4.90 Å². The summed E-state index contributed by atoms with van der Waals surface area (Å²) in [6.45, 7) is 5.03. The third kappa shape index (κ3) is 5.23. The molecule has 0 atom stereocenters. The summed E-state index contributed by atoms with van der Waals surface area (Å²) in [5, 5.41) is 4.08. The van der Waals surface area contributed by atoms with Crippen molar-refractivity contribution in [2.24, 2.45) is 0 Å². The summed E-state index contributed by atoms with van der Waals surface area (Å²) in [5.74, 6) is 1.84. The molecule has 5 nitrogen and oxygen atoms in total. The lowest BCUT2D eigenvalue weighted by atomic mass is 9.67. The molecule has 8 aromatic carbocycles. The van der Waals surface area contributed by atoms with E-state index in [0.29, 0.717) is 17.6 Å². The standard InChI is InChI=1S/C56H41N5Si/c1-62(2)49-33-19-17-31-46(49)56(47-32-18-20-34-50(47)62)45-30-16-15-29-43(45)52-51(56)44-37-42(60(40-25-11-5-12-26-40)41-27-13-6-14-28-41)35-36-48(44)61(52)55-58-53(38-21-7-3-8-22-38)57-54(59-55)39-23-9-4-10-24-39/h3-37H,1-2H3. The Kier molecular flexibility index (Phi) is 8.14. The van der Waals surface area contributed by atoms with Crippen LogP contribution >= 0.6 is 0 Å². The van der Waals surface area contributed by atoms with Crippen LogP contribution in [-0.2, 0) is 5.41 Å². The van der Waals surface area contributed by atoms with Crippen LogP contribution in [0.1, 0.15) is 22.3 Å². The number of rotatable bonds is 6. The van der Waals surface area contributed by atoms with Gasteiger partial charge >= 0.3 is 0 Å². The van der Waals surface area contributed by atoms with Crippen molar-refractivity contribution >= 4 is 46.4 Å². The van der Waals surface area contributed by atoms with E-state index in [1.165, 1.54) is 38.2 Å². The predicted molar refractivity (Wildman–Crippen MR) is 256 cm³/mol. The topological polar surface area (TPSA) is 46.8 Å². The monoisotopic (exact) mass is 811 g/mol. The lowest BCUT2D eigenvalue weighted by Gasteiger charge is -2.45. The van der Waals surface area contributed by atoms with Gasteiger partial charge in [-0.3, -0.25) is 4.57 Å². The first-order chi connectivity index (χ1) is 30.5. The highest BCUT2D eigenvalue weighted by molar-refractivity contribution is 7.01. The van der Waals surface area contributed by atoms with Gasteiger partial charge in [-0.2, -0.15) is 9.97 Å². The van der Waals surface area contributed by atoms with Gasteiger partial charge in [-0.05, 0) is 69.5 Å². The second kappa shape index (κ2) is 13.9. The molecule has 2 aliphatic rings. The average Bonchev–Trinajstić information content (AvgIpc) is 3.83. The molecule has 1 aliphatic heterocycles.